The zero-order valence-electron chi connectivity index (χ0n) is 16.9. The summed E-state index contributed by atoms with van der Waals surface area (Å²) in [6.45, 7) is 2.83. The Morgan fingerprint density at radius 1 is 1.16 bits per heavy atom. The van der Waals surface area contributed by atoms with E-state index in [1.165, 1.54) is 12.1 Å². The Labute approximate surface area is 187 Å². The number of ether oxygens (including phenoxy) is 1. The van der Waals surface area contributed by atoms with Gasteiger partial charge < -0.3 is 10.1 Å². The molecule has 4 nitrogen and oxygen atoms in total. The average molecular weight is 497 g/mol. The van der Waals surface area contributed by atoms with Crippen LogP contribution in [0.4, 0.5) is 13.2 Å². The van der Waals surface area contributed by atoms with E-state index in [1.54, 1.807) is 0 Å². The number of halogens is 4. The maximum absolute atomic E-state index is 12.9. The van der Waals surface area contributed by atoms with Crippen molar-refractivity contribution in [1.82, 2.24) is 10.2 Å². The number of amides is 1. The van der Waals surface area contributed by atoms with Gasteiger partial charge in [0.2, 0.25) is 5.91 Å². The Balaban J connectivity index is 1.42. The van der Waals surface area contributed by atoms with Crippen molar-refractivity contribution in [3.8, 4) is 0 Å². The van der Waals surface area contributed by atoms with Gasteiger partial charge in [0.25, 0.3) is 0 Å². The molecule has 4 rings (SSSR count). The van der Waals surface area contributed by atoms with Crippen molar-refractivity contribution in [2.75, 3.05) is 32.8 Å². The van der Waals surface area contributed by atoms with Crippen molar-refractivity contribution in [1.29, 1.82) is 0 Å². The van der Waals surface area contributed by atoms with Gasteiger partial charge in [-0.3, -0.25) is 9.69 Å². The lowest BCUT2D eigenvalue weighted by Crippen LogP contribution is -2.44. The molecule has 1 amide bonds. The zero-order valence-corrected chi connectivity index (χ0v) is 18.5. The van der Waals surface area contributed by atoms with Crippen LogP contribution in [0.5, 0.6) is 0 Å². The van der Waals surface area contributed by atoms with Crippen LogP contribution in [-0.2, 0) is 15.7 Å². The van der Waals surface area contributed by atoms with E-state index >= 15 is 0 Å². The molecular weight excluding hydrogens is 473 g/mol. The van der Waals surface area contributed by atoms with Crippen molar-refractivity contribution in [3.63, 3.8) is 0 Å². The maximum Gasteiger partial charge on any atom is 0.416 e. The van der Waals surface area contributed by atoms with Gasteiger partial charge in [0.1, 0.15) is 0 Å². The Morgan fingerprint density at radius 3 is 2.52 bits per heavy atom. The van der Waals surface area contributed by atoms with Gasteiger partial charge in [-0.05, 0) is 47.7 Å². The SMILES string of the molecule is O=C(NCC(c1ccc(C(F)(F)F)cc1)N1CCOCC1)C1CC1c1cccc(Br)c1. The normalized spacial score (nSPS) is 22.7. The highest BCUT2D eigenvalue weighted by atomic mass is 79.9. The van der Waals surface area contributed by atoms with Crippen LogP contribution in [0.2, 0.25) is 0 Å². The van der Waals surface area contributed by atoms with Crippen LogP contribution in [0.15, 0.2) is 53.0 Å². The summed E-state index contributed by atoms with van der Waals surface area (Å²) >= 11 is 3.47. The molecule has 2 fully saturated rings. The number of hydrogen-bond acceptors (Lipinski definition) is 3. The van der Waals surface area contributed by atoms with Crippen LogP contribution in [0.3, 0.4) is 0 Å². The summed E-state index contributed by atoms with van der Waals surface area (Å²) in [5, 5.41) is 3.04. The Kier molecular flexibility index (Phi) is 6.69. The number of alkyl halides is 3. The number of nitrogens with zero attached hydrogens (tertiary/aromatic N) is 1. The molecule has 1 aliphatic heterocycles. The smallest absolute Gasteiger partial charge is 0.379 e. The van der Waals surface area contributed by atoms with Crippen molar-refractivity contribution in [2.45, 2.75) is 24.6 Å². The summed E-state index contributed by atoms with van der Waals surface area (Å²) in [6, 6.07) is 13.0. The molecule has 0 spiro atoms. The molecule has 1 saturated heterocycles. The van der Waals surface area contributed by atoms with Crippen LogP contribution < -0.4 is 5.32 Å². The molecule has 1 aliphatic carbocycles. The van der Waals surface area contributed by atoms with Crippen LogP contribution in [0, 0.1) is 5.92 Å². The van der Waals surface area contributed by atoms with Crippen LogP contribution in [-0.4, -0.2) is 43.7 Å². The molecule has 0 bridgehead atoms. The summed E-state index contributed by atoms with van der Waals surface area (Å²) in [7, 11) is 0. The summed E-state index contributed by atoms with van der Waals surface area (Å²) in [5.41, 5.74) is 1.23. The highest BCUT2D eigenvalue weighted by Gasteiger charge is 2.44. The van der Waals surface area contributed by atoms with E-state index in [4.69, 9.17) is 4.74 Å². The maximum atomic E-state index is 12.9. The molecule has 2 aromatic carbocycles. The summed E-state index contributed by atoms with van der Waals surface area (Å²) < 4.78 is 45.2. The largest absolute Gasteiger partial charge is 0.416 e. The number of nitrogens with one attached hydrogen (secondary N) is 1. The van der Waals surface area contributed by atoms with Crippen molar-refractivity contribution in [3.05, 3.63) is 69.7 Å². The Bertz CT molecular complexity index is 914. The first-order chi connectivity index (χ1) is 14.8. The Morgan fingerprint density at radius 2 is 1.87 bits per heavy atom. The molecule has 1 saturated carbocycles. The number of morpholine rings is 1. The molecule has 0 radical (unpaired) electrons. The van der Waals surface area contributed by atoms with Crippen LogP contribution in [0.1, 0.15) is 35.1 Å². The third kappa shape index (κ3) is 5.48. The molecule has 3 atom stereocenters. The Hall–Kier alpha value is -1.90. The van der Waals surface area contributed by atoms with Gasteiger partial charge in [-0.1, -0.05) is 40.2 Å². The summed E-state index contributed by atoms with van der Waals surface area (Å²) in [6.07, 6.45) is -3.56. The summed E-state index contributed by atoms with van der Waals surface area (Å²) in [4.78, 5) is 14.9. The minimum atomic E-state index is -4.37. The topological polar surface area (TPSA) is 41.6 Å². The molecule has 2 aromatic rings. The highest BCUT2D eigenvalue weighted by Crippen LogP contribution is 2.48. The lowest BCUT2D eigenvalue weighted by atomic mass is 10.0. The second-order valence-corrected chi connectivity index (χ2v) is 8.95. The van der Waals surface area contributed by atoms with Gasteiger partial charge in [-0.2, -0.15) is 13.2 Å². The second-order valence-electron chi connectivity index (χ2n) is 8.03. The predicted octanol–water partition coefficient (Wildman–Crippen LogP) is 4.76. The molecule has 1 heterocycles. The van der Waals surface area contributed by atoms with Gasteiger partial charge in [0, 0.05) is 30.0 Å². The van der Waals surface area contributed by atoms with Gasteiger partial charge >= 0.3 is 6.18 Å². The first kappa shape index (κ1) is 22.3. The number of hydrogen-bond donors (Lipinski definition) is 1. The quantitative estimate of drug-likeness (QED) is 0.626. The molecule has 2 aliphatic rings. The van der Waals surface area contributed by atoms with E-state index < -0.39 is 11.7 Å². The third-order valence-electron chi connectivity index (χ3n) is 5.98. The van der Waals surface area contributed by atoms with Gasteiger partial charge in [-0.25, -0.2) is 0 Å². The monoisotopic (exact) mass is 496 g/mol. The first-order valence-electron chi connectivity index (χ1n) is 10.3. The second kappa shape index (κ2) is 9.30. The molecule has 1 N–H and O–H groups in total. The van der Waals surface area contributed by atoms with E-state index in [2.05, 4.69) is 26.1 Å². The fourth-order valence-electron chi connectivity index (χ4n) is 4.16. The third-order valence-corrected chi connectivity index (χ3v) is 6.48. The number of carbonyl (C=O) groups excluding carboxylic acids is 1. The molecule has 3 unspecified atom stereocenters. The predicted molar refractivity (Wildman–Crippen MR) is 115 cm³/mol. The lowest BCUT2D eigenvalue weighted by Gasteiger charge is -2.35. The van der Waals surface area contributed by atoms with Crippen molar-refractivity contribution < 1.29 is 22.7 Å². The number of benzene rings is 2. The van der Waals surface area contributed by atoms with E-state index in [9.17, 15) is 18.0 Å². The standard InChI is InChI=1S/C23H24BrF3N2O2/c24-18-3-1-2-16(12-18)19-13-20(19)22(30)28-14-21(29-8-10-31-11-9-29)15-4-6-17(7-5-15)23(25,26)27/h1-7,12,19-21H,8-11,13-14H2,(H,28,30). The van der Waals surface area contributed by atoms with E-state index in [1.807, 2.05) is 24.3 Å². The van der Waals surface area contributed by atoms with Gasteiger partial charge in [0.05, 0.1) is 24.8 Å². The molecule has 8 heteroatoms. The first-order valence-corrected chi connectivity index (χ1v) is 11.1. The minimum absolute atomic E-state index is 0.00449. The zero-order chi connectivity index (χ0) is 22.0. The van der Waals surface area contributed by atoms with Gasteiger partial charge in [-0.15, -0.1) is 0 Å². The van der Waals surface area contributed by atoms with Crippen LogP contribution >= 0.6 is 15.9 Å². The molecule has 31 heavy (non-hydrogen) atoms. The average Bonchev–Trinajstić information content (AvgIpc) is 3.55. The highest BCUT2D eigenvalue weighted by molar-refractivity contribution is 9.10. The van der Waals surface area contributed by atoms with Crippen LogP contribution in [0.25, 0.3) is 0 Å². The summed E-state index contributed by atoms with van der Waals surface area (Å²) in [5.74, 6) is 0.146. The minimum Gasteiger partial charge on any atom is -0.379 e. The van der Waals surface area contributed by atoms with E-state index in [-0.39, 0.29) is 23.8 Å². The van der Waals surface area contributed by atoms with Crippen molar-refractivity contribution >= 4 is 21.8 Å². The van der Waals surface area contributed by atoms with E-state index in [0.29, 0.717) is 32.8 Å². The van der Waals surface area contributed by atoms with Crippen molar-refractivity contribution in [2.24, 2.45) is 5.92 Å². The van der Waals surface area contributed by atoms with E-state index in [0.717, 1.165) is 34.2 Å². The number of rotatable bonds is 6. The fourth-order valence-corrected chi connectivity index (χ4v) is 4.58. The molecule has 0 aromatic heterocycles. The number of carbonyl (C=O) groups is 1. The fraction of sp³-hybridized carbons (Fsp3) is 0.435. The lowest BCUT2D eigenvalue weighted by molar-refractivity contribution is -0.137. The molecule has 166 valence electrons. The van der Waals surface area contributed by atoms with Gasteiger partial charge in [0.15, 0.2) is 0 Å². The molecular formula is C23H24BrF3N2O2.